The van der Waals surface area contributed by atoms with Gasteiger partial charge >= 0.3 is 0 Å². The van der Waals surface area contributed by atoms with Crippen molar-refractivity contribution < 1.29 is 9.18 Å². The summed E-state index contributed by atoms with van der Waals surface area (Å²) in [6, 6.07) is 6.22. The van der Waals surface area contributed by atoms with E-state index in [-0.39, 0.29) is 11.3 Å². The fourth-order valence-corrected chi connectivity index (χ4v) is 1.77. The SMILES string of the molecule is Cc1ccc(NC(=O)c2cnc(C)cc2NN)c(F)c1. The van der Waals surface area contributed by atoms with Crippen molar-refractivity contribution in [1.82, 2.24) is 4.98 Å². The Bertz CT molecular complexity index is 658. The van der Waals surface area contributed by atoms with Gasteiger partial charge in [0.1, 0.15) is 5.82 Å². The number of benzene rings is 1. The number of carbonyl (C=O) groups is 1. The minimum Gasteiger partial charge on any atom is -0.323 e. The zero-order valence-electron chi connectivity index (χ0n) is 11.2. The number of amides is 1. The molecule has 20 heavy (non-hydrogen) atoms. The molecule has 0 unspecified atom stereocenters. The lowest BCUT2D eigenvalue weighted by Crippen LogP contribution is -2.18. The van der Waals surface area contributed by atoms with Gasteiger partial charge in [0.05, 0.1) is 16.9 Å². The molecule has 6 heteroatoms. The van der Waals surface area contributed by atoms with Crippen LogP contribution in [0.25, 0.3) is 0 Å². The Morgan fingerprint density at radius 3 is 2.65 bits per heavy atom. The summed E-state index contributed by atoms with van der Waals surface area (Å²) in [4.78, 5) is 16.2. The Hall–Kier alpha value is -2.47. The van der Waals surface area contributed by atoms with Crippen molar-refractivity contribution in [3.8, 4) is 0 Å². The minimum atomic E-state index is -0.485. The van der Waals surface area contributed by atoms with E-state index in [1.807, 2.05) is 0 Å². The predicted octanol–water partition coefficient (Wildman–Crippen LogP) is 2.38. The Balaban J connectivity index is 2.28. The first-order valence-corrected chi connectivity index (χ1v) is 6.02. The number of anilines is 2. The van der Waals surface area contributed by atoms with Gasteiger partial charge < -0.3 is 10.7 Å². The second kappa shape index (κ2) is 5.66. The summed E-state index contributed by atoms with van der Waals surface area (Å²) in [7, 11) is 0. The summed E-state index contributed by atoms with van der Waals surface area (Å²) in [6.45, 7) is 3.55. The summed E-state index contributed by atoms with van der Waals surface area (Å²) in [5, 5.41) is 2.50. The van der Waals surface area contributed by atoms with Crippen LogP contribution in [0.5, 0.6) is 0 Å². The smallest absolute Gasteiger partial charge is 0.259 e. The standard InChI is InChI=1S/C14H15FN4O/c1-8-3-4-12(11(15)5-8)18-14(20)10-7-17-9(2)6-13(10)19-16/h3-7H,16H2,1-2H3,(H,17,19)(H,18,20). The number of nitrogens with two attached hydrogens (primary N) is 1. The highest BCUT2D eigenvalue weighted by Crippen LogP contribution is 2.19. The fourth-order valence-electron chi connectivity index (χ4n) is 1.77. The van der Waals surface area contributed by atoms with Gasteiger partial charge in [-0.1, -0.05) is 6.07 Å². The summed E-state index contributed by atoms with van der Waals surface area (Å²) >= 11 is 0. The van der Waals surface area contributed by atoms with Crippen LogP contribution in [0.2, 0.25) is 0 Å². The maximum absolute atomic E-state index is 13.7. The van der Waals surface area contributed by atoms with Crippen LogP contribution >= 0.6 is 0 Å². The monoisotopic (exact) mass is 274 g/mol. The Morgan fingerprint density at radius 1 is 1.25 bits per heavy atom. The molecule has 1 aromatic carbocycles. The lowest BCUT2D eigenvalue weighted by molar-refractivity contribution is 0.102. The second-order valence-electron chi connectivity index (χ2n) is 4.45. The number of pyridine rings is 1. The Labute approximate surface area is 116 Å². The van der Waals surface area contributed by atoms with E-state index in [4.69, 9.17) is 5.84 Å². The van der Waals surface area contributed by atoms with Gasteiger partial charge in [0.25, 0.3) is 5.91 Å². The van der Waals surface area contributed by atoms with E-state index in [2.05, 4.69) is 15.7 Å². The van der Waals surface area contributed by atoms with E-state index >= 15 is 0 Å². The average Bonchev–Trinajstić information content (AvgIpc) is 2.41. The molecule has 1 heterocycles. The molecule has 2 aromatic rings. The third kappa shape index (κ3) is 2.92. The van der Waals surface area contributed by atoms with Gasteiger partial charge in [0.15, 0.2) is 0 Å². The molecule has 0 atom stereocenters. The number of nitrogens with one attached hydrogen (secondary N) is 2. The van der Waals surface area contributed by atoms with Gasteiger partial charge in [-0.2, -0.15) is 0 Å². The van der Waals surface area contributed by atoms with Crippen molar-refractivity contribution in [2.45, 2.75) is 13.8 Å². The maximum atomic E-state index is 13.7. The third-order valence-electron chi connectivity index (χ3n) is 2.81. The number of nitrogens with zero attached hydrogens (tertiary/aromatic N) is 1. The molecule has 0 saturated carbocycles. The van der Waals surface area contributed by atoms with Crippen molar-refractivity contribution in [2.24, 2.45) is 5.84 Å². The van der Waals surface area contributed by atoms with Gasteiger partial charge in [-0.3, -0.25) is 15.6 Å². The topological polar surface area (TPSA) is 80.0 Å². The molecule has 0 fully saturated rings. The number of aryl methyl sites for hydroxylation is 2. The van der Waals surface area contributed by atoms with E-state index in [9.17, 15) is 9.18 Å². The first-order chi connectivity index (χ1) is 9.51. The number of hydrazine groups is 1. The number of rotatable bonds is 3. The van der Waals surface area contributed by atoms with Crippen LogP contribution in [0.15, 0.2) is 30.5 Å². The van der Waals surface area contributed by atoms with Crippen LogP contribution in [-0.2, 0) is 0 Å². The molecule has 4 N–H and O–H groups in total. The largest absolute Gasteiger partial charge is 0.323 e. The summed E-state index contributed by atoms with van der Waals surface area (Å²) in [5.74, 6) is 4.40. The van der Waals surface area contributed by atoms with E-state index < -0.39 is 11.7 Å². The van der Waals surface area contributed by atoms with Gasteiger partial charge in [-0.25, -0.2) is 4.39 Å². The van der Waals surface area contributed by atoms with Crippen LogP contribution in [0.4, 0.5) is 15.8 Å². The zero-order valence-corrected chi connectivity index (χ0v) is 11.2. The molecule has 5 nitrogen and oxygen atoms in total. The number of hydrogen-bond donors (Lipinski definition) is 3. The van der Waals surface area contributed by atoms with Gasteiger partial charge in [-0.15, -0.1) is 0 Å². The van der Waals surface area contributed by atoms with Crippen molar-refractivity contribution >= 4 is 17.3 Å². The maximum Gasteiger partial charge on any atom is 0.259 e. The lowest BCUT2D eigenvalue weighted by atomic mass is 10.1. The van der Waals surface area contributed by atoms with Gasteiger partial charge in [0, 0.05) is 11.9 Å². The van der Waals surface area contributed by atoms with E-state index in [0.717, 1.165) is 11.3 Å². The minimum absolute atomic E-state index is 0.115. The molecule has 1 aromatic heterocycles. The molecule has 1 amide bonds. The molecule has 2 rings (SSSR count). The highest BCUT2D eigenvalue weighted by Gasteiger charge is 2.14. The quantitative estimate of drug-likeness (QED) is 0.593. The molecular formula is C14H15FN4O. The first kappa shape index (κ1) is 14.0. The van der Waals surface area contributed by atoms with Crippen molar-refractivity contribution in [3.05, 3.63) is 53.1 Å². The fraction of sp³-hybridized carbons (Fsp3) is 0.143. The molecule has 0 aliphatic carbocycles. The molecule has 0 saturated heterocycles. The van der Waals surface area contributed by atoms with Crippen LogP contribution in [-0.4, -0.2) is 10.9 Å². The van der Waals surface area contributed by atoms with Crippen LogP contribution in [0.3, 0.4) is 0 Å². The zero-order chi connectivity index (χ0) is 14.7. The van der Waals surface area contributed by atoms with Crippen molar-refractivity contribution in [3.63, 3.8) is 0 Å². The van der Waals surface area contributed by atoms with E-state index in [1.54, 1.807) is 26.0 Å². The summed E-state index contributed by atoms with van der Waals surface area (Å²) < 4.78 is 13.7. The van der Waals surface area contributed by atoms with Crippen molar-refractivity contribution in [2.75, 3.05) is 10.7 Å². The number of hydrogen-bond acceptors (Lipinski definition) is 4. The highest BCUT2D eigenvalue weighted by molar-refractivity contribution is 6.07. The Morgan fingerprint density at radius 2 is 2.00 bits per heavy atom. The van der Waals surface area contributed by atoms with Crippen LogP contribution < -0.4 is 16.6 Å². The molecule has 0 aliphatic rings. The van der Waals surface area contributed by atoms with Crippen molar-refractivity contribution in [1.29, 1.82) is 0 Å². The highest BCUT2D eigenvalue weighted by atomic mass is 19.1. The van der Waals surface area contributed by atoms with E-state index in [1.165, 1.54) is 18.3 Å². The molecule has 0 radical (unpaired) electrons. The van der Waals surface area contributed by atoms with Crippen LogP contribution in [0.1, 0.15) is 21.6 Å². The predicted molar refractivity (Wildman–Crippen MR) is 75.9 cm³/mol. The molecule has 0 bridgehead atoms. The van der Waals surface area contributed by atoms with E-state index in [0.29, 0.717) is 5.69 Å². The van der Waals surface area contributed by atoms with Gasteiger partial charge in [-0.05, 0) is 37.6 Å². The second-order valence-corrected chi connectivity index (χ2v) is 4.45. The number of nitrogen functional groups attached to an aromatic ring is 1. The average molecular weight is 274 g/mol. The third-order valence-corrected chi connectivity index (χ3v) is 2.81. The Kier molecular flexibility index (Phi) is 3.95. The number of aromatic nitrogens is 1. The lowest BCUT2D eigenvalue weighted by Gasteiger charge is -2.10. The molecule has 0 spiro atoms. The molecular weight excluding hydrogens is 259 g/mol. The normalized spacial score (nSPS) is 10.2. The van der Waals surface area contributed by atoms with Gasteiger partial charge in [0.2, 0.25) is 0 Å². The number of carbonyl (C=O) groups excluding carboxylic acids is 1. The first-order valence-electron chi connectivity index (χ1n) is 6.02. The summed E-state index contributed by atoms with van der Waals surface area (Å²) in [5.41, 5.74) is 4.73. The van der Waals surface area contributed by atoms with Crippen LogP contribution in [0, 0.1) is 19.7 Å². The number of halogens is 1. The molecule has 104 valence electrons. The molecule has 0 aliphatic heterocycles. The summed E-state index contributed by atoms with van der Waals surface area (Å²) in [6.07, 6.45) is 1.39.